The zero-order valence-electron chi connectivity index (χ0n) is 19.3. The maximum atomic E-state index is 13.2. The second-order valence-electron chi connectivity index (χ2n) is 8.87. The SMILES string of the molecule is CC[C@@H](C(=O)NC(C)(C)C)N(Cc1cccc(C)c1)C(=O)COc1ccc(Cl)c(C)c1. The van der Waals surface area contributed by atoms with E-state index in [-0.39, 0.29) is 24.0 Å². The zero-order chi connectivity index (χ0) is 23.2. The summed E-state index contributed by atoms with van der Waals surface area (Å²) in [7, 11) is 0. The number of hydrogen-bond donors (Lipinski definition) is 1. The number of nitrogens with zero attached hydrogens (tertiary/aromatic N) is 1. The van der Waals surface area contributed by atoms with Gasteiger partial charge < -0.3 is 15.0 Å². The molecule has 2 aromatic carbocycles. The second-order valence-corrected chi connectivity index (χ2v) is 9.28. The van der Waals surface area contributed by atoms with Crippen LogP contribution in [0.1, 0.15) is 50.8 Å². The van der Waals surface area contributed by atoms with Gasteiger partial charge in [0.15, 0.2) is 6.61 Å². The van der Waals surface area contributed by atoms with Gasteiger partial charge in [-0.25, -0.2) is 0 Å². The van der Waals surface area contributed by atoms with E-state index in [9.17, 15) is 9.59 Å². The first-order valence-corrected chi connectivity index (χ1v) is 10.9. The Balaban J connectivity index is 2.24. The Labute approximate surface area is 190 Å². The Hall–Kier alpha value is -2.53. The molecule has 1 atom stereocenters. The number of carbonyl (C=O) groups is 2. The van der Waals surface area contributed by atoms with E-state index in [1.165, 1.54) is 0 Å². The fourth-order valence-electron chi connectivity index (χ4n) is 3.31. The van der Waals surface area contributed by atoms with Crippen LogP contribution in [0.2, 0.25) is 5.02 Å². The third-order valence-corrected chi connectivity index (χ3v) is 5.24. The first-order chi connectivity index (χ1) is 14.5. The van der Waals surface area contributed by atoms with Gasteiger partial charge in [0, 0.05) is 17.1 Å². The van der Waals surface area contributed by atoms with Crippen molar-refractivity contribution >= 4 is 23.4 Å². The van der Waals surface area contributed by atoms with E-state index in [1.807, 2.05) is 65.8 Å². The van der Waals surface area contributed by atoms with Gasteiger partial charge in [0.1, 0.15) is 11.8 Å². The van der Waals surface area contributed by atoms with Crippen LogP contribution >= 0.6 is 11.6 Å². The van der Waals surface area contributed by atoms with Gasteiger partial charge in [-0.3, -0.25) is 9.59 Å². The van der Waals surface area contributed by atoms with E-state index in [2.05, 4.69) is 5.32 Å². The van der Waals surface area contributed by atoms with Crippen LogP contribution in [0.25, 0.3) is 0 Å². The predicted molar refractivity (Wildman–Crippen MR) is 125 cm³/mol. The number of ether oxygens (including phenoxy) is 1. The van der Waals surface area contributed by atoms with Gasteiger partial charge >= 0.3 is 0 Å². The maximum absolute atomic E-state index is 13.2. The van der Waals surface area contributed by atoms with Crippen molar-refractivity contribution in [1.29, 1.82) is 0 Å². The van der Waals surface area contributed by atoms with Crippen molar-refractivity contribution in [3.8, 4) is 5.75 Å². The average Bonchev–Trinajstić information content (AvgIpc) is 2.67. The third-order valence-electron chi connectivity index (χ3n) is 4.81. The lowest BCUT2D eigenvalue weighted by Crippen LogP contribution is -2.54. The zero-order valence-corrected chi connectivity index (χ0v) is 20.0. The summed E-state index contributed by atoms with van der Waals surface area (Å²) >= 11 is 6.07. The summed E-state index contributed by atoms with van der Waals surface area (Å²) < 4.78 is 5.74. The molecule has 31 heavy (non-hydrogen) atoms. The fourth-order valence-corrected chi connectivity index (χ4v) is 3.43. The Morgan fingerprint density at radius 2 is 1.84 bits per heavy atom. The molecular formula is C25H33ClN2O3. The van der Waals surface area contributed by atoms with Gasteiger partial charge in [0.25, 0.3) is 5.91 Å². The first-order valence-electron chi connectivity index (χ1n) is 10.6. The number of halogens is 1. The summed E-state index contributed by atoms with van der Waals surface area (Å²) in [5.41, 5.74) is 2.56. The van der Waals surface area contributed by atoms with Crippen LogP contribution < -0.4 is 10.1 Å². The molecule has 0 fully saturated rings. The molecule has 0 aliphatic rings. The minimum Gasteiger partial charge on any atom is -0.484 e. The van der Waals surface area contributed by atoms with Crippen LogP contribution in [-0.4, -0.2) is 34.9 Å². The topological polar surface area (TPSA) is 58.6 Å². The van der Waals surface area contributed by atoms with Gasteiger partial charge in [-0.05, 0) is 70.4 Å². The van der Waals surface area contributed by atoms with Gasteiger partial charge in [-0.1, -0.05) is 48.4 Å². The van der Waals surface area contributed by atoms with Crippen LogP contribution in [0.15, 0.2) is 42.5 Å². The van der Waals surface area contributed by atoms with E-state index in [1.54, 1.807) is 23.1 Å². The summed E-state index contributed by atoms with van der Waals surface area (Å²) in [6.07, 6.45) is 0.500. The first kappa shape index (κ1) is 24.7. The Kier molecular flexibility index (Phi) is 8.52. The third kappa shape index (κ3) is 7.59. The van der Waals surface area contributed by atoms with E-state index in [4.69, 9.17) is 16.3 Å². The molecule has 168 valence electrons. The van der Waals surface area contributed by atoms with Crippen LogP contribution in [0.3, 0.4) is 0 Å². The van der Waals surface area contributed by atoms with Crippen molar-refractivity contribution in [3.63, 3.8) is 0 Å². The molecule has 0 aromatic heterocycles. The fraction of sp³-hybridized carbons (Fsp3) is 0.440. The second kappa shape index (κ2) is 10.7. The quantitative estimate of drug-likeness (QED) is 0.619. The molecule has 0 unspecified atom stereocenters. The number of benzene rings is 2. The summed E-state index contributed by atoms with van der Waals surface area (Å²) in [6.45, 7) is 11.7. The molecule has 0 heterocycles. The number of aryl methyl sites for hydroxylation is 2. The van der Waals surface area contributed by atoms with Gasteiger partial charge in [0.05, 0.1) is 0 Å². The van der Waals surface area contributed by atoms with Crippen LogP contribution in [-0.2, 0) is 16.1 Å². The lowest BCUT2D eigenvalue weighted by Gasteiger charge is -2.33. The van der Waals surface area contributed by atoms with Crippen LogP contribution in [0.4, 0.5) is 0 Å². The number of rotatable bonds is 8. The molecule has 1 N–H and O–H groups in total. The minimum atomic E-state index is -0.595. The smallest absolute Gasteiger partial charge is 0.261 e. The van der Waals surface area contributed by atoms with Crippen molar-refractivity contribution in [2.24, 2.45) is 0 Å². The van der Waals surface area contributed by atoms with Crippen molar-refractivity contribution in [3.05, 3.63) is 64.2 Å². The van der Waals surface area contributed by atoms with Crippen molar-refractivity contribution < 1.29 is 14.3 Å². The standard InChI is InChI=1S/C25H33ClN2O3/c1-7-22(24(30)27-25(4,5)6)28(15-19-10-8-9-17(2)13-19)23(29)16-31-20-11-12-21(26)18(3)14-20/h8-14,22H,7,15-16H2,1-6H3,(H,27,30)/t22-/m0/s1. The summed E-state index contributed by atoms with van der Waals surface area (Å²) in [5, 5.41) is 3.65. The molecule has 0 saturated carbocycles. The summed E-state index contributed by atoms with van der Waals surface area (Å²) in [6, 6.07) is 12.6. The molecule has 0 bridgehead atoms. The summed E-state index contributed by atoms with van der Waals surface area (Å²) in [4.78, 5) is 27.8. The van der Waals surface area contributed by atoms with E-state index < -0.39 is 6.04 Å². The number of nitrogens with one attached hydrogen (secondary N) is 1. The Bertz CT molecular complexity index is 921. The molecular weight excluding hydrogens is 412 g/mol. The number of carbonyl (C=O) groups excluding carboxylic acids is 2. The van der Waals surface area contributed by atoms with Crippen molar-refractivity contribution in [2.45, 2.75) is 66.1 Å². The van der Waals surface area contributed by atoms with Gasteiger partial charge in [-0.15, -0.1) is 0 Å². The lowest BCUT2D eigenvalue weighted by atomic mass is 10.1. The predicted octanol–water partition coefficient (Wildman–Crippen LogP) is 5.06. The van der Waals surface area contributed by atoms with Gasteiger partial charge in [0.2, 0.25) is 5.91 Å². The monoisotopic (exact) mass is 444 g/mol. The highest BCUT2D eigenvalue weighted by Gasteiger charge is 2.30. The van der Waals surface area contributed by atoms with Crippen LogP contribution in [0.5, 0.6) is 5.75 Å². The maximum Gasteiger partial charge on any atom is 0.261 e. The highest BCUT2D eigenvalue weighted by atomic mass is 35.5. The number of amides is 2. The lowest BCUT2D eigenvalue weighted by molar-refractivity contribution is -0.143. The van der Waals surface area contributed by atoms with Gasteiger partial charge in [-0.2, -0.15) is 0 Å². The molecule has 6 heteroatoms. The van der Waals surface area contributed by atoms with E-state index in [0.717, 1.165) is 16.7 Å². The molecule has 2 aromatic rings. The largest absolute Gasteiger partial charge is 0.484 e. The molecule has 0 spiro atoms. The number of hydrogen-bond acceptors (Lipinski definition) is 3. The molecule has 5 nitrogen and oxygen atoms in total. The minimum absolute atomic E-state index is 0.161. The van der Waals surface area contributed by atoms with E-state index in [0.29, 0.717) is 23.7 Å². The van der Waals surface area contributed by atoms with E-state index >= 15 is 0 Å². The van der Waals surface area contributed by atoms with Crippen molar-refractivity contribution in [2.75, 3.05) is 6.61 Å². The van der Waals surface area contributed by atoms with Crippen molar-refractivity contribution in [1.82, 2.24) is 10.2 Å². The average molecular weight is 445 g/mol. The molecule has 0 saturated heterocycles. The molecule has 2 amide bonds. The summed E-state index contributed by atoms with van der Waals surface area (Å²) in [5.74, 6) is 0.154. The van der Waals surface area contributed by atoms with Crippen LogP contribution in [0, 0.1) is 13.8 Å². The molecule has 0 aliphatic carbocycles. The Morgan fingerprint density at radius 3 is 2.42 bits per heavy atom. The molecule has 0 radical (unpaired) electrons. The molecule has 2 rings (SSSR count). The molecule has 0 aliphatic heterocycles. The highest BCUT2D eigenvalue weighted by molar-refractivity contribution is 6.31. The normalized spacial score (nSPS) is 12.2. The Morgan fingerprint density at radius 1 is 1.13 bits per heavy atom. The highest BCUT2D eigenvalue weighted by Crippen LogP contribution is 2.21.